The second-order valence-electron chi connectivity index (χ2n) is 4.78. The Labute approximate surface area is 117 Å². The molecule has 100 valence electrons. The zero-order chi connectivity index (χ0) is 13.9. The minimum Gasteiger partial charge on any atom is -0.472 e. The van der Waals surface area contributed by atoms with Gasteiger partial charge in [0.1, 0.15) is 6.26 Å². The normalized spacial score (nSPS) is 12.2. The summed E-state index contributed by atoms with van der Waals surface area (Å²) in [7, 11) is 0. The van der Waals surface area contributed by atoms with E-state index in [1.54, 1.807) is 6.07 Å². The molecule has 3 heteroatoms. The number of carbonyl (C=O) groups excluding carboxylic acids is 1. The monoisotopic (exact) mass is 265 g/mol. The van der Waals surface area contributed by atoms with Crippen LogP contribution in [0, 0.1) is 0 Å². The Hall–Kier alpha value is -2.55. The first kappa shape index (κ1) is 12.5. The van der Waals surface area contributed by atoms with E-state index in [-0.39, 0.29) is 11.9 Å². The van der Waals surface area contributed by atoms with Crippen LogP contribution in [0.4, 0.5) is 0 Å². The molecular weight excluding hydrogens is 250 g/mol. The van der Waals surface area contributed by atoms with Crippen molar-refractivity contribution in [3.63, 3.8) is 0 Å². The fourth-order valence-electron chi connectivity index (χ4n) is 2.38. The van der Waals surface area contributed by atoms with E-state index in [0.29, 0.717) is 5.56 Å². The highest BCUT2D eigenvalue weighted by atomic mass is 16.3. The summed E-state index contributed by atoms with van der Waals surface area (Å²) in [5.74, 6) is -0.126. The lowest BCUT2D eigenvalue weighted by atomic mass is 9.99. The fourth-order valence-corrected chi connectivity index (χ4v) is 2.38. The first-order chi connectivity index (χ1) is 9.75. The summed E-state index contributed by atoms with van der Waals surface area (Å²) >= 11 is 0. The largest absolute Gasteiger partial charge is 0.472 e. The quantitative estimate of drug-likeness (QED) is 0.779. The van der Waals surface area contributed by atoms with E-state index in [0.717, 1.165) is 10.9 Å². The lowest BCUT2D eigenvalue weighted by Crippen LogP contribution is -2.26. The molecule has 1 atom stereocenters. The van der Waals surface area contributed by atoms with Gasteiger partial charge < -0.3 is 9.73 Å². The fraction of sp³-hybridized carbons (Fsp3) is 0.118. The summed E-state index contributed by atoms with van der Waals surface area (Å²) in [6.07, 6.45) is 2.95. The number of nitrogens with one attached hydrogen (secondary N) is 1. The summed E-state index contributed by atoms with van der Waals surface area (Å²) in [4.78, 5) is 12.1. The number of hydrogen-bond donors (Lipinski definition) is 1. The highest BCUT2D eigenvalue weighted by molar-refractivity contribution is 5.94. The van der Waals surface area contributed by atoms with Crippen LogP contribution >= 0.6 is 0 Å². The van der Waals surface area contributed by atoms with Crippen molar-refractivity contribution < 1.29 is 9.21 Å². The number of fused-ring (bicyclic) bond motifs is 1. The number of carbonyl (C=O) groups is 1. The Morgan fingerprint density at radius 2 is 1.90 bits per heavy atom. The Bertz CT molecular complexity index is 726. The zero-order valence-corrected chi connectivity index (χ0v) is 11.2. The summed E-state index contributed by atoms with van der Waals surface area (Å²) < 4.78 is 4.93. The molecule has 0 aliphatic rings. The van der Waals surface area contributed by atoms with Crippen molar-refractivity contribution in [2.45, 2.75) is 13.0 Å². The molecule has 3 rings (SSSR count). The molecule has 0 spiro atoms. The molecule has 0 bridgehead atoms. The van der Waals surface area contributed by atoms with E-state index in [2.05, 4.69) is 23.5 Å². The molecule has 0 aliphatic heterocycles. The predicted octanol–water partition coefficient (Wildman–Crippen LogP) is 3.92. The molecule has 0 unspecified atom stereocenters. The number of benzene rings is 2. The molecule has 0 aliphatic carbocycles. The standard InChI is InChI=1S/C17H15NO2/c1-12(18-17(19)14-9-10-20-11-14)15-8-4-6-13-5-2-3-7-16(13)15/h2-12H,1H3,(H,18,19)/t12-/m0/s1. The maximum absolute atomic E-state index is 12.1. The molecule has 1 heterocycles. The van der Waals surface area contributed by atoms with Gasteiger partial charge in [-0.15, -0.1) is 0 Å². The molecule has 3 nitrogen and oxygen atoms in total. The van der Waals surface area contributed by atoms with Crippen molar-refractivity contribution in [3.05, 3.63) is 72.2 Å². The van der Waals surface area contributed by atoms with Gasteiger partial charge in [-0.25, -0.2) is 0 Å². The first-order valence-electron chi connectivity index (χ1n) is 6.56. The van der Waals surface area contributed by atoms with Gasteiger partial charge in [0.2, 0.25) is 0 Å². The molecule has 20 heavy (non-hydrogen) atoms. The van der Waals surface area contributed by atoms with E-state index in [9.17, 15) is 4.79 Å². The van der Waals surface area contributed by atoms with Crippen molar-refractivity contribution in [2.24, 2.45) is 0 Å². The van der Waals surface area contributed by atoms with Gasteiger partial charge >= 0.3 is 0 Å². The molecule has 0 saturated heterocycles. The Morgan fingerprint density at radius 3 is 2.70 bits per heavy atom. The minimum atomic E-state index is -0.126. The predicted molar refractivity (Wildman–Crippen MR) is 78.5 cm³/mol. The molecule has 1 amide bonds. The minimum absolute atomic E-state index is 0.0662. The topological polar surface area (TPSA) is 42.2 Å². The number of hydrogen-bond acceptors (Lipinski definition) is 2. The third-order valence-electron chi connectivity index (χ3n) is 3.42. The van der Waals surface area contributed by atoms with Crippen molar-refractivity contribution in [2.75, 3.05) is 0 Å². The van der Waals surface area contributed by atoms with Crippen LogP contribution in [0.5, 0.6) is 0 Å². The maximum Gasteiger partial charge on any atom is 0.255 e. The van der Waals surface area contributed by atoms with Gasteiger partial charge in [0, 0.05) is 0 Å². The van der Waals surface area contributed by atoms with Crippen LogP contribution in [0.15, 0.2) is 65.5 Å². The van der Waals surface area contributed by atoms with Crippen LogP contribution in [0.3, 0.4) is 0 Å². The molecule has 1 aromatic heterocycles. The van der Waals surface area contributed by atoms with Crippen LogP contribution in [-0.4, -0.2) is 5.91 Å². The lowest BCUT2D eigenvalue weighted by Gasteiger charge is -2.16. The van der Waals surface area contributed by atoms with E-state index in [1.807, 2.05) is 31.2 Å². The van der Waals surface area contributed by atoms with E-state index < -0.39 is 0 Å². The van der Waals surface area contributed by atoms with Crippen LogP contribution < -0.4 is 5.32 Å². The van der Waals surface area contributed by atoms with Crippen molar-refractivity contribution >= 4 is 16.7 Å². The second kappa shape index (κ2) is 5.21. The number of amides is 1. The molecule has 0 radical (unpaired) electrons. The third kappa shape index (κ3) is 2.30. The molecule has 3 aromatic rings. The van der Waals surface area contributed by atoms with Gasteiger partial charge in [-0.2, -0.15) is 0 Å². The van der Waals surface area contributed by atoms with Crippen molar-refractivity contribution in [1.82, 2.24) is 5.32 Å². The first-order valence-corrected chi connectivity index (χ1v) is 6.56. The lowest BCUT2D eigenvalue weighted by molar-refractivity contribution is 0.0939. The van der Waals surface area contributed by atoms with Crippen LogP contribution in [0.25, 0.3) is 10.8 Å². The van der Waals surface area contributed by atoms with Gasteiger partial charge in [0.05, 0.1) is 17.9 Å². The molecular formula is C17H15NO2. The van der Waals surface area contributed by atoms with Crippen molar-refractivity contribution in [3.8, 4) is 0 Å². The van der Waals surface area contributed by atoms with Gasteiger partial charge in [-0.05, 0) is 29.3 Å². The van der Waals surface area contributed by atoms with Crippen LogP contribution in [-0.2, 0) is 0 Å². The van der Waals surface area contributed by atoms with Gasteiger partial charge in [0.25, 0.3) is 5.91 Å². The summed E-state index contributed by atoms with van der Waals surface area (Å²) in [6.45, 7) is 1.99. The average Bonchev–Trinajstić information content (AvgIpc) is 3.01. The Morgan fingerprint density at radius 1 is 1.10 bits per heavy atom. The van der Waals surface area contributed by atoms with Crippen LogP contribution in [0.2, 0.25) is 0 Å². The summed E-state index contributed by atoms with van der Waals surface area (Å²) in [5.41, 5.74) is 1.65. The van der Waals surface area contributed by atoms with Crippen molar-refractivity contribution in [1.29, 1.82) is 0 Å². The molecule has 0 saturated carbocycles. The maximum atomic E-state index is 12.1. The average molecular weight is 265 g/mol. The molecule has 2 aromatic carbocycles. The summed E-state index contributed by atoms with van der Waals surface area (Å²) in [5, 5.41) is 5.33. The Kier molecular flexibility index (Phi) is 3.25. The summed E-state index contributed by atoms with van der Waals surface area (Å²) in [6, 6.07) is 15.9. The molecule has 1 N–H and O–H groups in total. The zero-order valence-electron chi connectivity index (χ0n) is 11.2. The molecule has 0 fully saturated rings. The van der Waals surface area contributed by atoms with Gasteiger partial charge in [-0.1, -0.05) is 42.5 Å². The second-order valence-corrected chi connectivity index (χ2v) is 4.78. The van der Waals surface area contributed by atoms with E-state index in [4.69, 9.17) is 4.42 Å². The third-order valence-corrected chi connectivity index (χ3v) is 3.42. The van der Waals surface area contributed by atoms with Gasteiger partial charge in [-0.3, -0.25) is 4.79 Å². The Balaban J connectivity index is 1.89. The highest BCUT2D eigenvalue weighted by Crippen LogP contribution is 2.24. The smallest absolute Gasteiger partial charge is 0.255 e. The van der Waals surface area contributed by atoms with E-state index in [1.165, 1.54) is 17.9 Å². The van der Waals surface area contributed by atoms with E-state index >= 15 is 0 Å². The van der Waals surface area contributed by atoms with Gasteiger partial charge in [0.15, 0.2) is 0 Å². The highest BCUT2D eigenvalue weighted by Gasteiger charge is 2.14. The van der Waals surface area contributed by atoms with Crippen LogP contribution in [0.1, 0.15) is 28.9 Å². The number of rotatable bonds is 3. The number of furan rings is 1. The SMILES string of the molecule is C[C@H](NC(=O)c1ccoc1)c1cccc2ccccc12.